The third-order valence-corrected chi connectivity index (χ3v) is 3.27. The highest BCUT2D eigenvalue weighted by Crippen LogP contribution is 2.39. The number of hydrogen-bond donors (Lipinski definition) is 1. The SMILES string of the molecule is O=c1[nH]cc(I)c2nc(C3CC3)cn12. The van der Waals surface area contributed by atoms with E-state index in [4.69, 9.17) is 0 Å². The molecule has 0 spiro atoms. The average molecular weight is 301 g/mol. The van der Waals surface area contributed by atoms with Crippen LogP contribution in [0.5, 0.6) is 0 Å². The van der Waals surface area contributed by atoms with Crippen LogP contribution in [-0.4, -0.2) is 14.4 Å². The Morgan fingerprint density at radius 1 is 1.57 bits per heavy atom. The quantitative estimate of drug-likeness (QED) is 0.812. The highest BCUT2D eigenvalue weighted by molar-refractivity contribution is 14.1. The van der Waals surface area contributed by atoms with Crippen molar-refractivity contribution in [3.05, 3.63) is 32.1 Å². The van der Waals surface area contributed by atoms with Crippen LogP contribution >= 0.6 is 22.6 Å². The van der Waals surface area contributed by atoms with Gasteiger partial charge in [-0.1, -0.05) is 0 Å². The van der Waals surface area contributed by atoms with E-state index in [9.17, 15) is 4.79 Å². The topological polar surface area (TPSA) is 50.2 Å². The number of fused-ring (bicyclic) bond motifs is 1. The molecule has 2 aromatic heterocycles. The summed E-state index contributed by atoms with van der Waals surface area (Å²) in [7, 11) is 0. The van der Waals surface area contributed by atoms with Crippen LogP contribution in [0.15, 0.2) is 17.2 Å². The maximum atomic E-state index is 11.5. The number of aromatic nitrogens is 3. The van der Waals surface area contributed by atoms with E-state index < -0.39 is 0 Å². The van der Waals surface area contributed by atoms with Crippen LogP contribution < -0.4 is 5.69 Å². The molecule has 0 aliphatic heterocycles. The Hall–Kier alpha value is -0.850. The van der Waals surface area contributed by atoms with E-state index in [1.165, 1.54) is 12.8 Å². The molecule has 1 aliphatic rings. The first-order chi connectivity index (χ1) is 6.75. The minimum absolute atomic E-state index is 0.111. The molecule has 0 radical (unpaired) electrons. The van der Waals surface area contributed by atoms with Gasteiger partial charge in [-0.3, -0.25) is 4.40 Å². The Morgan fingerprint density at radius 2 is 2.36 bits per heavy atom. The Morgan fingerprint density at radius 3 is 3.00 bits per heavy atom. The van der Waals surface area contributed by atoms with Gasteiger partial charge in [-0.15, -0.1) is 0 Å². The van der Waals surface area contributed by atoms with Crippen LogP contribution in [0, 0.1) is 3.57 Å². The third kappa shape index (κ3) is 1.18. The molecule has 4 nitrogen and oxygen atoms in total. The summed E-state index contributed by atoms with van der Waals surface area (Å²) in [6, 6.07) is 0. The molecule has 1 fully saturated rings. The summed E-state index contributed by atoms with van der Waals surface area (Å²) >= 11 is 2.18. The average Bonchev–Trinajstić information content (AvgIpc) is 2.92. The summed E-state index contributed by atoms with van der Waals surface area (Å²) in [6.07, 6.45) is 5.96. The van der Waals surface area contributed by atoms with E-state index in [0.29, 0.717) is 5.92 Å². The molecular weight excluding hydrogens is 293 g/mol. The predicted molar refractivity (Wildman–Crippen MR) is 60.5 cm³/mol. The van der Waals surface area contributed by atoms with Gasteiger partial charge in [0.15, 0.2) is 5.65 Å². The minimum Gasteiger partial charge on any atom is -0.313 e. The number of imidazole rings is 1. The second-order valence-electron chi connectivity index (χ2n) is 3.58. The standard InChI is InChI=1S/C9H8IN3O/c10-6-3-11-9(14)13-4-7(5-1-2-5)12-8(6)13/h3-5H,1-2H2,(H,11,14). The fourth-order valence-electron chi connectivity index (χ4n) is 1.56. The van der Waals surface area contributed by atoms with Gasteiger partial charge in [-0.25, -0.2) is 9.78 Å². The summed E-state index contributed by atoms with van der Waals surface area (Å²) in [6.45, 7) is 0. The second kappa shape index (κ2) is 2.82. The molecule has 0 saturated heterocycles. The summed E-state index contributed by atoms with van der Waals surface area (Å²) in [4.78, 5) is 18.6. The zero-order valence-corrected chi connectivity index (χ0v) is 9.48. The van der Waals surface area contributed by atoms with Gasteiger partial charge in [0.1, 0.15) is 0 Å². The lowest BCUT2D eigenvalue weighted by Gasteiger charge is -1.92. The predicted octanol–water partition coefficient (Wildman–Crippen LogP) is 1.50. The first-order valence-electron chi connectivity index (χ1n) is 4.52. The van der Waals surface area contributed by atoms with Gasteiger partial charge in [-0.05, 0) is 35.4 Å². The molecule has 0 aromatic carbocycles. The van der Waals surface area contributed by atoms with E-state index in [1.54, 1.807) is 10.6 Å². The van der Waals surface area contributed by atoms with Gasteiger partial charge >= 0.3 is 5.69 Å². The molecule has 72 valence electrons. The van der Waals surface area contributed by atoms with Crippen LogP contribution in [0.3, 0.4) is 0 Å². The Labute approximate surface area is 93.5 Å². The van der Waals surface area contributed by atoms with Gasteiger partial charge < -0.3 is 4.98 Å². The largest absolute Gasteiger partial charge is 0.331 e. The van der Waals surface area contributed by atoms with Gasteiger partial charge in [0, 0.05) is 18.3 Å². The monoisotopic (exact) mass is 301 g/mol. The first kappa shape index (κ1) is 8.46. The molecule has 1 N–H and O–H groups in total. The molecule has 2 heterocycles. The number of nitrogens with zero attached hydrogens (tertiary/aromatic N) is 2. The van der Waals surface area contributed by atoms with E-state index in [2.05, 4.69) is 32.6 Å². The fraction of sp³-hybridized carbons (Fsp3) is 0.333. The highest BCUT2D eigenvalue weighted by Gasteiger charge is 2.26. The normalized spacial score (nSPS) is 16.4. The number of hydrogen-bond acceptors (Lipinski definition) is 2. The zero-order valence-electron chi connectivity index (χ0n) is 7.33. The van der Waals surface area contributed by atoms with Gasteiger partial charge in [0.25, 0.3) is 0 Å². The molecule has 1 aliphatic carbocycles. The van der Waals surface area contributed by atoms with Crippen LogP contribution in [0.25, 0.3) is 5.65 Å². The molecule has 3 rings (SSSR count). The Bertz CT molecular complexity index is 553. The molecule has 0 amide bonds. The molecule has 0 unspecified atom stereocenters. The first-order valence-corrected chi connectivity index (χ1v) is 5.60. The van der Waals surface area contributed by atoms with Gasteiger partial charge in [-0.2, -0.15) is 0 Å². The van der Waals surface area contributed by atoms with Gasteiger partial charge in [0.2, 0.25) is 0 Å². The van der Waals surface area contributed by atoms with Crippen molar-refractivity contribution in [3.63, 3.8) is 0 Å². The van der Waals surface area contributed by atoms with E-state index in [-0.39, 0.29) is 5.69 Å². The van der Waals surface area contributed by atoms with Crippen molar-refractivity contribution in [3.8, 4) is 0 Å². The van der Waals surface area contributed by atoms with E-state index in [1.807, 2.05) is 6.20 Å². The number of rotatable bonds is 1. The minimum atomic E-state index is -0.111. The van der Waals surface area contributed by atoms with Gasteiger partial charge in [0.05, 0.1) is 9.26 Å². The molecular formula is C9H8IN3O. The Balaban J connectivity index is 2.35. The lowest BCUT2D eigenvalue weighted by atomic mass is 10.3. The van der Waals surface area contributed by atoms with Crippen LogP contribution in [0.2, 0.25) is 0 Å². The number of nitrogens with one attached hydrogen (secondary N) is 1. The smallest absolute Gasteiger partial charge is 0.313 e. The summed E-state index contributed by atoms with van der Waals surface area (Å²) in [5.41, 5.74) is 1.72. The van der Waals surface area contributed by atoms with E-state index >= 15 is 0 Å². The molecule has 5 heteroatoms. The number of H-pyrrole nitrogens is 1. The van der Waals surface area contributed by atoms with E-state index in [0.717, 1.165) is 14.9 Å². The fourth-order valence-corrected chi connectivity index (χ4v) is 2.09. The molecule has 0 bridgehead atoms. The molecule has 14 heavy (non-hydrogen) atoms. The van der Waals surface area contributed by atoms with Crippen molar-refractivity contribution >= 4 is 28.2 Å². The van der Waals surface area contributed by atoms with Crippen molar-refractivity contribution < 1.29 is 0 Å². The molecule has 0 atom stereocenters. The maximum absolute atomic E-state index is 11.5. The summed E-state index contributed by atoms with van der Waals surface area (Å²) in [5, 5.41) is 0. The number of halogens is 1. The van der Waals surface area contributed by atoms with Crippen molar-refractivity contribution in [1.29, 1.82) is 0 Å². The van der Waals surface area contributed by atoms with Crippen LogP contribution in [0.1, 0.15) is 24.5 Å². The summed E-state index contributed by atoms with van der Waals surface area (Å²) in [5.74, 6) is 0.588. The lowest BCUT2D eigenvalue weighted by Crippen LogP contribution is -2.15. The van der Waals surface area contributed by atoms with Crippen LogP contribution in [-0.2, 0) is 0 Å². The van der Waals surface area contributed by atoms with Crippen molar-refractivity contribution in [2.45, 2.75) is 18.8 Å². The third-order valence-electron chi connectivity index (χ3n) is 2.47. The number of aromatic amines is 1. The second-order valence-corrected chi connectivity index (χ2v) is 4.74. The maximum Gasteiger partial charge on any atom is 0.331 e. The molecule has 1 saturated carbocycles. The van der Waals surface area contributed by atoms with Crippen molar-refractivity contribution in [2.24, 2.45) is 0 Å². The van der Waals surface area contributed by atoms with Crippen molar-refractivity contribution in [2.75, 3.05) is 0 Å². The molecule has 2 aromatic rings. The lowest BCUT2D eigenvalue weighted by molar-refractivity contribution is 0.989. The van der Waals surface area contributed by atoms with Crippen molar-refractivity contribution in [1.82, 2.24) is 14.4 Å². The zero-order chi connectivity index (χ0) is 9.71. The Kier molecular flexibility index (Phi) is 1.70. The van der Waals surface area contributed by atoms with Crippen LogP contribution in [0.4, 0.5) is 0 Å². The highest BCUT2D eigenvalue weighted by atomic mass is 127. The summed E-state index contributed by atoms with van der Waals surface area (Å²) < 4.78 is 2.57.